The van der Waals surface area contributed by atoms with Gasteiger partial charge in [-0.15, -0.1) is 11.6 Å². The van der Waals surface area contributed by atoms with Gasteiger partial charge in [-0.1, -0.05) is 25.8 Å². The number of aromatic hydroxyl groups is 1. The Morgan fingerprint density at radius 1 is 1.21 bits per heavy atom. The lowest BCUT2D eigenvalue weighted by molar-refractivity contribution is -0.120. The first kappa shape index (κ1) is 20.5. The average Bonchev–Trinajstić information content (AvgIpc) is 2.87. The molecule has 4 rings (SSSR count). The van der Waals surface area contributed by atoms with Crippen LogP contribution in [-0.4, -0.2) is 27.9 Å². The summed E-state index contributed by atoms with van der Waals surface area (Å²) in [4.78, 5) is 0. The average molecular weight is 409 g/mol. The van der Waals surface area contributed by atoms with E-state index in [0.29, 0.717) is 24.1 Å². The fraction of sp³-hybridized carbons (Fsp3) is 0.750. The van der Waals surface area contributed by atoms with E-state index in [1.807, 2.05) is 19.1 Å². The van der Waals surface area contributed by atoms with E-state index in [0.717, 1.165) is 56.1 Å². The fourth-order valence-corrected chi connectivity index (χ4v) is 7.15. The second-order valence-electron chi connectivity index (χ2n) is 10.0. The lowest BCUT2D eigenvalue weighted by Gasteiger charge is -2.56. The molecule has 156 valence electrons. The molecule has 3 aliphatic rings. The highest BCUT2D eigenvalue weighted by atomic mass is 35.5. The van der Waals surface area contributed by atoms with Crippen LogP contribution in [0.15, 0.2) is 18.2 Å². The quantitative estimate of drug-likeness (QED) is 0.465. The highest BCUT2D eigenvalue weighted by molar-refractivity contribution is 6.17. The van der Waals surface area contributed by atoms with Gasteiger partial charge in [0.1, 0.15) is 11.9 Å². The predicted molar refractivity (Wildman–Crippen MR) is 112 cm³/mol. The number of benzene rings is 1. The molecule has 2 saturated carbocycles. The van der Waals surface area contributed by atoms with Crippen LogP contribution in [0.3, 0.4) is 0 Å². The number of phenols is 1. The van der Waals surface area contributed by atoms with Crippen LogP contribution in [0.1, 0.15) is 75.8 Å². The van der Waals surface area contributed by atoms with E-state index in [1.165, 1.54) is 0 Å². The van der Waals surface area contributed by atoms with Crippen molar-refractivity contribution >= 4 is 11.6 Å². The molecule has 0 aromatic heterocycles. The highest BCUT2D eigenvalue weighted by Crippen LogP contribution is 2.66. The van der Waals surface area contributed by atoms with Crippen molar-refractivity contribution in [3.05, 3.63) is 29.3 Å². The molecular weight excluding hydrogens is 375 g/mol. The summed E-state index contributed by atoms with van der Waals surface area (Å²) in [5.41, 5.74) is 1.09. The standard InChI is InChI=1S/C24H34ClFO2/c1-23-14-20(26)22-18-8-7-17(27)13-16(18)12-15(6-4-3-5-11-25)21(22)19(23)9-10-24(23,2)28/h7-8,13,15,19-22,27-28H,3-6,9-12,14H2,1-2H3/t15?,19?,20-,21-,22?,23-,24+/m0/s1. The third-order valence-electron chi connectivity index (χ3n) is 8.60. The minimum Gasteiger partial charge on any atom is -0.508 e. The number of unbranched alkanes of at least 4 members (excludes halogenated alkanes) is 2. The molecule has 3 aliphatic carbocycles. The van der Waals surface area contributed by atoms with Gasteiger partial charge in [-0.2, -0.15) is 0 Å². The zero-order chi connectivity index (χ0) is 20.1. The molecule has 0 bridgehead atoms. The number of halogens is 2. The molecule has 1 aromatic rings. The molecule has 3 unspecified atom stereocenters. The second-order valence-corrected chi connectivity index (χ2v) is 10.4. The number of phenolic OH excluding ortho intramolecular Hbond substituents is 1. The summed E-state index contributed by atoms with van der Waals surface area (Å²) in [5, 5.41) is 21.1. The second kappa shape index (κ2) is 7.47. The molecule has 2 fully saturated rings. The van der Waals surface area contributed by atoms with Crippen LogP contribution in [0.5, 0.6) is 5.75 Å². The Bertz CT molecular complexity index is 721. The number of hydrogen-bond acceptors (Lipinski definition) is 2. The Morgan fingerprint density at radius 2 is 2.00 bits per heavy atom. The van der Waals surface area contributed by atoms with Crippen molar-refractivity contribution in [3.63, 3.8) is 0 Å². The van der Waals surface area contributed by atoms with Crippen LogP contribution in [-0.2, 0) is 6.42 Å². The largest absolute Gasteiger partial charge is 0.508 e. The first-order valence-electron chi connectivity index (χ1n) is 11.0. The summed E-state index contributed by atoms with van der Waals surface area (Å²) < 4.78 is 15.8. The Hall–Kier alpha value is -0.800. The van der Waals surface area contributed by atoms with E-state index < -0.39 is 11.8 Å². The topological polar surface area (TPSA) is 40.5 Å². The zero-order valence-electron chi connectivity index (χ0n) is 17.1. The van der Waals surface area contributed by atoms with Crippen molar-refractivity contribution in [1.82, 2.24) is 0 Å². The fourth-order valence-electron chi connectivity index (χ4n) is 6.96. The van der Waals surface area contributed by atoms with Crippen molar-refractivity contribution < 1.29 is 14.6 Å². The molecular formula is C24H34ClFO2. The van der Waals surface area contributed by atoms with Gasteiger partial charge in [0.15, 0.2) is 0 Å². The smallest absolute Gasteiger partial charge is 0.115 e. The van der Waals surface area contributed by atoms with Crippen molar-refractivity contribution in [1.29, 1.82) is 0 Å². The molecule has 0 radical (unpaired) electrons. The molecule has 0 aliphatic heterocycles. The molecule has 0 amide bonds. The Morgan fingerprint density at radius 3 is 2.75 bits per heavy atom. The molecule has 7 atom stereocenters. The van der Waals surface area contributed by atoms with Gasteiger partial charge in [0.25, 0.3) is 0 Å². The summed E-state index contributed by atoms with van der Waals surface area (Å²) in [7, 11) is 0. The van der Waals surface area contributed by atoms with Gasteiger partial charge in [0, 0.05) is 17.2 Å². The lowest BCUT2D eigenvalue weighted by atomic mass is 9.50. The Labute approximate surface area is 173 Å². The summed E-state index contributed by atoms with van der Waals surface area (Å²) in [6.45, 7) is 4.05. The third-order valence-corrected chi connectivity index (χ3v) is 8.87. The predicted octanol–water partition coefficient (Wildman–Crippen LogP) is 5.97. The molecule has 4 heteroatoms. The molecule has 0 saturated heterocycles. The Kier molecular flexibility index (Phi) is 5.46. The maximum atomic E-state index is 15.8. The van der Waals surface area contributed by atoms with E-state index in [1.54, 1.807) is 6.07 Å². The van der Waals surface area contributed by atoms with Gasteiger partial charge in [-0.25, -0.2) is 4.39 Å². The van der Waals surface area contributed by atoms with Crippen LogP contribution >= 0.6 is 11.6 Å². The Balaban J connectivity index is 1.71. The molecule has 2 N–H and O–H groups in total. The van der Waals surface area contributed by atoms with Gasteiger partial charge in [-0.3, -0.25) is 0 Å². The number of hydrogen-bond donors (Lipinski definition) is 2. The summed E-state index contributed by atoms with van der Waals surface area (Å²) >= 11 is 5.85. The van der Waals surface area contributed by atoms with E-state index >= 15 is 4.39 Å². The normalized spacial score (nSPS) is 42.0. The first-order chi connectivity index (χ1) is 13.3. The van der Waals surface area contributed by atoms with E-state index in [2.05, 4.69) is 6.92 Å². The minimum atomic E-state index is -0.940. The van der Waals surface area contributed by atoms with Crippen LogP contribution < -0.4 is 0 Å². The van der Waals surface area contributed by atoms with Gasteiger partial charge < -0.3 is 10.2 Å². The van der Waals surface area contributed by atoms with Crippen LogP contribution in [0.4, 0.5) is 4.39 Å². The van der Waals surface area contributed by atoms with Crippen LogP contribution in [0.25, 0.3) is 0 Å². The number of rotatable bonds is 5. The van der Waals surface area contributed by atoms with Crippen molar-refractivity contribution in [2.75, 3.05) is 5.88 Å². The van der Waals surface area contributed by atoms with Gasteiger partial charge in [-0.05, 0) is 86.5 Å². The van der Waals surface area contributed by atoms with Crippen molar-refractivity contribution in [2.24, 2.45) is 23.2 Å². The monoisotopic (exact) mass is 408 g/mol. The summed E-state index contributed by atoms with van der Waals surface area (Å²) in [6, 6.07) is 5.51. The highest BCUT2D eigenvalue weighted by Gasteiger charge is 2.63. The zero-order valence-corrected chi connectivity index (χ0v) is 17.9. The number of aliphatic hydroxyl groups is 1. The van der Waals surface area contributed by atoms with Gasteiger partial charge in [0.05, 0.1) is 5.60 Å². The third kappa shape index (κ3) is 3.17. The minimum absolute atomic E-state index is 0.102. The maximum Gasteiger partial charge on any atom is 0.115 e. The molecule has 1 aromatic carbocycles. The summed E-state index contributed by atoms with van der Waals surface area (Å²) in [6.07, 6.45) is 6.50. The van der Waals surface area contributed by atoms with Crippen molar-refractivity contribution in [3.8, 4) is 5.75 Å². The molecule has 2 nitrogen and oxygen atoms in total. The maximum absolute atomic E-state index is 15.8. The summed E-state index contributed by atoms with van der Waals surface area (Å²) in [5.74, 6) is 1.91. The SMILES string of the molecule is C[C@]12C[C@H](F)C3c4ccc(O)cc4CC(CCCCCCl)[C@H]3C1CC[C@@]2(C)O. The number of fused-ring (bicyclic) bond motifs is 5. The molecule has 0 spiro atoms. The van der Waals surface area contributed by atoms with E-state index in [4.69, 9.17) is 11.6 Å². The lowest BCUT2D eigenvalue weighted by Crippen LogP contribution is -2.54. The molecule has 28 heavy (non-hydrogen) atoms. The number of alkyl halides is 2. The first-order valence-corrected chi connectivity index (χ1v) is 11.6. The van der Waals surface area contributed by atoms with E-state index in [9.17, 15) is 10.2 Å². The van der Waals surface area contributed by atoms with Gasteiger partial charge in [0.2, 0.25) is 0 Å². The van der Waals surface area contributed by atoms with Crippen LogP contribution in [0, 0.1) is 23.2 Å². The van der Waals surface area contributed by atoms with Crippen molar-refractivity contribution in [2.45, 2.75) is 82.9 Å². The molecule has 0 heterocycles. The van der Waals surface area contributed by atoms with Crippen LogP contribution in [0.2, 0.25) is 0 Å². The van der Waals surface area contributed by atoms with E-state index in [-0.39, 0.29) is 23.0 Å². The van der Waals surface area contributed by atoms with Gasteiger partial charge >= 0.3 is 0 Å².